The molecule has 0 unspecified atom stereocenters. The van der Waals surface area contributed by atoms with Gasteiger partial charge in [-0.3, -0.25) is 0 Å². The van der Waals surface area contributed by atoms with Crippen LogP contribution in [0.25, 0.3) is 0 Å². The van der Waals surface area contributed by atoms with Gasteiger partial charge >= 0.3 is 0 Å². The van der Waals surface area contributed by atoms with Crippen molar-refractivity contribution in [2.75, 3.05) is 13.6 Å². The van der Waals surface area contributed by atoms with E-state index in [9.17, 15) is 0 Å². The van der Waals surface area contributed by atoms with E-state index in [0.29, 0.717) is 0 Å². The molecule has 2 aromatic rings. The number of rotatable bonds is 5. The summed E-state index contributed by atoms with van der Waals surface area (Å²) < 4.78 is 0. The molecule has 2 nitrogen and oxygen atoms in total. The van der Waals surface area contributed by atoms with Crippen molar-refractivity contribution in [1.82, 2.24) is 4.90 Å². The van der Waals surface area contributed by atoms with Crippen molar-refractivity contribution in [3.05, 3.63) is 63.7 Å². The Morgan fingerprint density at radius 3 is 2.55 bits per heavy atom. The van der Waals surface area contributed by atoms with Crippen molar-refractivity contribution in [3.8, 4) is 0 Å². The number of benzene rings is 2. The summed E-state index contributed by atoms with van der Waals surface area (Å²) in [4.78, 5) is 6.62. The van der Waals surface area contributed by atoms with Crippen LogP contribution in [0.4, 0.5) is 5.69 Å². The molecular formula is C19H23ClN2. The summed E-state index contributed by atoms with van der Waals surface area (Å²) >= 11 is 6.29. The molecule has 0 heterocycles. The van der Waals surface area contributed by atoms with Gasteiger partial charge in [0.2, 0.25) is 0 Å². The predicted molar refractivity (Wildman–Crippen MR) is 96.6 cm³/mol. The summed E-state index contributed by atoms with van der Waals surface area (Å²) in [5.41, 5.74) is 5.99. The molecule has 0 radical (unpaired) electrons. The molecule has 0 aliphatic rings. The quantitative estimate of drug-likeness (QED) is 0.550. The highest BCUT2D eigenvalue weighted by Gasteiger charge is 2.08. The van der Waals surface area contributed by atoms with Gasteiger partial charge < -0.3 is 4.90 Å². The van der Waals surface area contributed by atoms with Gasteiger partial charge in [-0.25, -0.2) is 4.99 Å². The van der Waals surface area contributed by atoms with E-state index in [4.69, 9.17) is 11.6 Å². The first-order valence-corrected chi connectivity index (χ1v) is 7.97. The standard InChI is InChI=1S/C19H23ClN2/c1-5-22(4)13-21-19-12-18(20)11-17(15(19)3)10-16-9-7-6-8-14(16)2/h6-9,11-13H,5,10H2,1-4H3/b21-13-. The number of nitrogens with zero attached hydrogens (tertiary/aromatic N) is 2. The summed E-state index contributed by atoms with van der Waals surface area (Å²) in [5.74, 6) is 0. The lowest BCUT2D eigenvalue weighted by atomic mass is 9.97. The molecule has 2 rings (SSSR count). The lowest BCUT2D eigenvalue weighted by Gasteiger charge is -2.13. The fraction of sp³-hybridized carbons (Fsp3) is 0.316. The number of aliphatic imine (C=N–C) groups is 1. The van der Waals surface area contributed by atoms with Crippen LogP contribution >= 0.6 is 11.6 Å². The smallest absolute Gasteiger partial charge is 0.0909 e. The molecule has 0 saturated heterocycles. The van der Waals surface area contributed by atoms with Crippen LogP contribution in [0, 0.1) is 13.8 Å². The largest absolute Gasteiger partial charge is 0.366 e. The van der Waals surface area contributed by atoms with Crippen LogP contribution in [0.1, 0.15) is 29.2 Å². The number of halogens is 1. The van der Waals surface area contributed by atoms with E-state index >= 15 is 0 Å². The molecule has 0 N–H and O–H groups in total. The van der Waals surface area contributed by atoms with Crippen LogP contribution in [0.5, 0.6) is 0 Å². The monoisotopic (exact) mass is 314 g/mol. The Bertz CT molecular complexity index is 677. The van der Waals surface area contributed by atoms with E-state index in [-0.39, 0.29) is 0 Å². The van der Waals surface area contributed by atoms with Crippen molar-refractivity contribution >= 4 is 23.6 Å². The first kappa shape index (κ1) is 16.6. The summed E-state index contributed by atoms with van der Waals surface area (Å²) in [5, 5.41) is 0.737. The molecule has 0 spiro atoms. The van der Waals surface area contributed by atoms with E-state index in [2.05, 4.69) is 50.0 Å². The molecule has 0 aliphatic heterocycles. The van der Waals surface area contributed by atoms with Crippen LogP contribution in [-0.4, -0.2) is 24.8 Å². The molecular weight excluding hydrogens is 292 g/mol. The molecule has 0 saturated carbocycles. The molecule has 0 amide bonds. The van der Waals surface area contributed by atoms with Crippen LogP contribution in [0.15, 0.2) is 41.4 Å². The van der Waals surface area contributed by atoms with E-state index in [1.165, 1.54) is 22.3 Å². The van der Waals surface area contributed by atoms with Gasteiger partial charge in [-0.15, -0.1) is 0 Å². The molecule has 2 aromatic carbocycles. The van der Waals surface area contributed by atoms with Crippen LogP contribution in [0.2, 0.25) is 5.02 Å². The number of hydrogen-bond acceptors (Lipinski definition) is 1. The molecule has 116 valence electrons. The number of hydrogen-bond donors (Lipinski definition) is 0. The third-order valence-corrected chi connectivity index (χ3v) is 4.21. The SMILES string of the molecule is CCN(C)/C=N\c1cc(Cl)cc(Cc2ccccc2C)c1C. The molecule has 0 aliphatic carbocycles. The van der Waals surface area contributed by atoms with Crippen LogP contribution < -0.4 is 0 Å². The zero-order valence-corrected chi connectivity index (χ0v) is 14.5. The van der Waals surface area contributed by atoms with Gasteiger partial charge in [-0.2, -0.15) is 0 Å². The Kier molecular flexibility index (Phi) is 5.62. The average molecular weight is 315 g/mol. The minimum Gasteiger partial charge on any atom is -0.366 e. The maximum Gasteiger partial charge on any atom is 0.0909 e. The Hall–Kier alpha value is -1.80. The molecule has 0 atom stereocenters. The molecule has 0 bridgehead atoms. The minimum atomic E-state index is 0.737. The van der Waals surface area contributed by atoms with Crippen LogP contribution in [0.3, 0.4) is 0 Å². The van der Waals surface area contributed by atoms with Crippen molar-refractivity contribution in [1.29, 1.82) is 0 Å². The third kappa shape index (κ3) is 4.11. The highest BCUT2D eigenvalue weighted by molar-refractivity contribution is 6.31. The Balaban J connectivity index is 2.35. The van der Waals surface area contributed by atoms with Crippen LogP contribution in [-0.2, 0) is 6.42 Å². The fourth-order valence-electron chi connectivity index (χ4n) is 2.29. The van der Waals surface area contributed by atoms with E-state index in [0.717, 1.165) is 23.7 Å². The zero-order chi connectivity index (χ0) is 16.1. The van der Waals surface area contributed by atoms with E-state index < -0.39 is 0 Å². The predicted octanol–water partition coefficient (Wildman–Crippen LogP) is 5.16. The minimum absolute atomic E-state index is 0.737. The van der Waals surface area contributed by atoms with Gasteiger partial charge in [-0.1, -0.05) is 35.9 Å². The summed E-state index contributed by atoms with van der Waals surface area (Å²) in [6.45, 7) is 7.28. The second kappa shape index (κ2) is 7.46. The van der Waals surface area contributed by atoms with E-state index in [1.807, 2.05) is 30.4 Å². The summed E-state index contributed by atoms with van der Waals surface area (Å²) in [6.07, 6.45) is 2.74. The van der Waals surface area contributed by atoms with Gasteiger partial charge in [0.1, 0.15) is 0 Å². The summed E-state index contributed by atoms with van der Waals surface area (Å²) in [7, 11) is 2.01. The lowest BCUT2D eigenvalue weighted by molar-refractivity contribution is 0.552. The molecule has 0 fully saturated rings. The highest BCUT2D eigenvalue weighted by atomic mass is 35.5. The van der Waals surface area contributed by atoms with Crippen molar-refractivity contribution in [2.24, 2.45) is 4.99 Å². The Labute approximate surface area is 138 Å². The van der Waals surface area contributed by atoms with Gasteiger partial charge in [0, 0.05) is 18.6 Å². The first-order chi connectivity index (χ1) is 10.5. The fourth-order valence-corrected chi connectivity index (χ4v) is 2.53. The van der Waals surface area contributed by atoms with Gasteiger partial charge in [-0.05, 0) is 61.6 Å². The lowest BCUT2D eigenvalue weighted by Crippen LogP contribution is -2.14. The highest BCUT2D eigenvalue weighted by Crippen LogP contribution is 2.29. The van der Waals surface area contributed by atoms with E-state index in [1.54, 1.807) is 0 Å². The number of aryl methyl sites for hydroxylation is 1. The normalized spacial score (nSPS) is 11.1. The molecule has 22 heavy (non-hydrogen) atoms. The van der Waals surface area contributed by atoms with Crippen molar-refractivity contribution < 1.29 is 0 Å². The second-order valence-corrected chi connectivity index (χ2v) is 6.07. The topological polar surface area (TPSA) is 15.6 Å². The first-order valence-electron chi connectivity index (χ1n) is 7.59. The Morgan fingerprint density at radius 2 is 1.86 bits per heavy atom. The molecule has 0 aromatic heterocycles. The van der Waals surface area contributed by atoms with Crippen molar-refractivity contribution in [3.63, 3.8) is 0 Å². The average Bonchev–Trinajstić information content (AvgIpc) is 2.50. The van der Waals surface area contributed by atoms with Gasteiger partial charge in [0.15, 0.2) is 0 Å². The second-order valence-electron chi connectivity index (χ2n) is 5.63. The molecule has 3 heteroatoms. The summed E-state index contributed by atoms with van der Waals surface area (Å²) in [6, 6.07) is 12.4. The zero-order valence-electron chi connectivity index (χ0n) is 13.7. The van der Waals surface area contributed by atoms with Gasteiger partial charge in [0.05, 0.1) is 12.0 Å². The van der Waals surface area contributed by atoms with Crippen molar-refractivity contribution in [2.45, 2.75) is 27.2 Å². The third-order valence-electron chi connectivity index (χ3n) is 3.99. The maximum atomic E-state index is 6.29. The maximum absolute atomic E-state index is 6.29. The Morgan fingerprint density at radius 1 is 1.14 bits per heavy atom. The van der Waals surface area contributed by atoms with Gasteiger partial charge in [0.25, 0.3) is 0 Å².